The van der Waals surface area contributed by atoms with Crippen molar-refractivity contribution < 1.29 is 9.53 Å². The van der Waals surface area contributed by atoms with Crippen molar-refractivity contribution in [3.63, 3.8) is 0 Å². The Bertz CT molecular complexity index is 689. The van der Waals surface area contributed by atoms with Gasteiger partial charge in [0.1, 0.15) is 0 Å². The summed E-state index contributed by atoms with van der Waals surface area (Å²) in [7, 11) is 1.57. The van der Waals surface area contributed by atoms with Gasteiger partial charge in [0.05, 0.1) is 18.5 Å². The van der Waals surface area contributed by atoms with Crippen molar-refractivity contribution in [2.75, 3.05) is 19.0 Å². The van der Waals surface area contributed by atoms with Crippen LogP contribution in [-0.2, 0) is 6.42 Å². The molecule has 0 radical (unpaired) electrons. The van der Waals surface area contributed by atoms with Gasteiger partial charge in [0.25, 0.3) is 0 Å². The number of aromatic amines is 1. The Hall–Kier alpha value is -2.71. The smallest absolute Gasteiger partial charge is 0.322 e. The van der Waals surface area contributed by atoms with E-state index >= 15 is 0 Å². The van der Waals surface area contributed by atoms with Crippen LogP contribution in [0, 0.1) is 6.92 Å². The molecule has 2 aromatic rings. The maximum Gasteiger partial charge on any atom is 0.322 e. The fourth-order valence-electron chi connectivity index (χ4n) is 2.93. The zero-order valence-corrected chi connectivity index (χ0v) is 13.8. The molecule has 3 heterocycles. The van der Waals surface area contributed by atoms with Crippen LogP contribution in [0.5, 0.6) is 5.88 Å². The van der Waals surface area contributed by atoms with Crippen molar-refractivity contribution in [2.45, 2.75) is 38.6 Å². The first-order valence-corrected chi connectivity index (χ1v) is 7.99. The maximum absolute atomic E-state index is 12.7. The number of likely N-dealkylation sites (tertiary alicyclic amines) is 1. The number of tetrazole rings is 1. The SMILES string of the molecule is COc1ccc(NC(=O)N2CCCCC2Cc2nn[nH]n2)c(C)n1. The van der Waals surface area contributed by atoms with Gasteiger partial charge in [0, 0.05) is 25.1 Å². The summed E-state index contributed by atoms with van der Waals surface area (Å²) >= 11 is 0. The zero-order chi connectivity index (χ0) is 16.9. The first-order chi connectivity index (χ1) is 11.7. The van der Waals surface area contributed by atoms with Gasteiger partial charge < -0.3 is 15.0 Å². The molecule has 0 aliphatic carbocycles. The molecule has 9 heteroatoms. The average Bonchev–Trinajstić information content (AvgIpc) is 3.10. The molecular formula is C15H21N7O2. The molecule has 9 nitrogen and oxygen atoms in total. The normalized spacial score (nSPS) is 17.6. The van der Waals surface area contributed by atoms with Crippen LogP contribution in [0.4, 0.5) is 10.5 Å². The van der Waals surface area contributed by atoms with Crippen molar-refractivity contribution in [3.8, 4) is 5.88 Å². The minimum absolute atomic E-state index is 0.0721. The Balaban J connectivity index is 1.69. The lowest BCUT2D eigenvalue weighted by molar-refractivity contribution is 0.161. The lowest BCUT2D eigenvalue weighted by atomic mass is 9.99. The number of anilines is 1. The van der Waals surface area contributed by atoms with Gasteiger partial charge in [-0.1, -0.05) is 5.21 Å². The van der Waals surface area contributed by atoms with Crippen LogP contribution in [0.1, 0.15) is 30.8 Å². The number of ether oxygens (including phenoxy) is 1. The molecule has 3 rings (SSSR count). The highest BCUT2D eigenvalue weighted by molar-refractivity contribution is 5.90. The summed E-state index contributed by atoms with van der Waals surface area (Å²) in [5.41, 5.74) is 1.40. The van der Waals surface area contributed by atoms with E-state index in [-0.39, 0.29) is 12.1 Å². The quantitative estimate of drug-likeness (QED) is 0.879. The Kier molecular flexibility index (Phi) is 4.88. The van der Waals surface area contributed by atoms with Crippen LogP contribution in [0.2, 0.25) is 0 Å². The van der Waals surface area contributed by atoms with Gasteiger partial charge in [-0.3, -0.25) is 0 Å². The lowest BCUT2D eigenvalue weighted by Gasteiger charge is -2.35. The van der Waals surface area contributed by atoms with Crippen LogP contribution in [0.25, 0.3) is 0 Å². The highest BCUT2D eigenvalue weighted by Crippen LogP contribution is 2.22. The summed E-state index contributed by atoms with van der Waals surface area (Å²) in [4.78, 5) is 18.8. The molecule has 1 fully saturated rings. The van der Waals surface area contributed by atoms with Crippen LogP contribution >= 0.6 is 0 Å². The van der Waals surface area contributed by atoms with Crippen molar-refractivity contribution in [1.82, 2.24) is 30.5 Å². The predicted octanol–water partition coefficient (Wildman–Crippen LogP) is 1.54. The third-order valence-corrected chi connectivity index (χ3v) is 4.21. The summed E-state index contributed by atoms with van der Waals surface area (Å²) < 4.78 is 5.09. The van der Waals surface area contributed by atoms with Gasteiger partial charge in [0.2, 0.25) is 5.88 Å². The number of hydrogen-bond donors (Lipinski definition) is 2. The number of piperidine rings is 1. The fourth-order valence-corrected chi connectivity index (χ4v) is 2.93. The van der Waals surface area contributed by atoms with E-state index in [2.05, 4.69) is 30.9 Å². The van der Waals surface area contributed by atoms with Gasteiger partial charge in [-0.2, -0.15) is 5.21 Å². The second-order valence-corrected chi connectivity index (χ2v) is 5.79. The van der Waals surface area contributed by atoms with Crippen molar-refractivity contribution >= 4 is 11.7 Å². The van der Waals surface area contributed by atoms with E-state index < -0.39 is 0 Å². The van der Waals surface area contributed by atoms with Crippen LogP contribution in [0.15, 0.2) is 12.1 Å². The third kappa shape index (κ3) is 3.61. The second kappa shape index (κ2) is 7.24. The molecule has 1 atom stereocenters. The van der Waals surface area contributed by atoms with Crippen molar-refractivity contribution in [3.05, 3.63) is 23.7 Å². The van der Waals surface area contributed by atoms with E-state index in [9.17, 15) is 4.79 Å². The van der Waals surface area contributed by atoms with Crippen LogP contribution < -0.4 is 10.1 Å². The molecular weight excluding hydrogens is 310 g/mol. The van der Waals surface area contributed by atoms with Gasteiger partial charge in [-0.15, -0.1) is 10.2 Å². The number of pyridine rings is 1. The average molecular weight is 331 g/mol. The number of carbonyl (C=O) groups excluding carboxylic acids is 1. The number of urea groups is 1. The number of nitrogens with zero attached hydrogens (tertiary/aromatic N) is 5. The lowest BCUT2D eigenvalue weighted by Crippen LogP contribution is -2.47. The largest absolute Gasteiger partial charge is 0.481 e. The minimum atomic E-state index is -0.127. The van der Waals surface area contributed by atoms with Crippen molar-refractivity contribution in [1.29, 1.82) is 0 Å². The van der Waals surface area contributed by atoms with Gasteiger partial charge in [-0.05, 0) is 32.3 Å². The number of nitrogens with one attached hydrogen (secondary N) is 2. The fraction of sp³-hybridized carbons (Fsp3) is 0.533. The second-order valence-electron chi connectivity index (χ2n) is 5.79. The Morgan fingerprint density at radius 2 is 2.33 bits per heavy atom. The van der Waals surface area contributed by atoms with Gasteiger partial charge in [-0.25, -0.2) is 9.78 Å². The van der Waals surface area contributed by atoms with Crippen LogP contribution in [-0.4, -0.2) is 56.2 Å². The Labute approximate surface area is 139 Å². The standard InChI is InChI=1S/C15H21N7O2/c1-10-12(6-7-14(16-10)24-2)17-15(23)22-8-4-3-5-11(22)9-13-18-20-21-19-13/h6-7,11H,3-5,8-9H2,1-2H3,(H,17,23)(H,18,19,20,21). The molecule has 128 valence electrons. The molecule has 1 unspecified atom stereocenters. The molecule has 2 amide bonds. The molecule has 0 spiro atoms. The molecule has 0 aromatic carbocycles. The number of rotatable bonds is 4. The zero-order valence-electron chi connectivity index (χ0n) is 13.8. The number of aryl methyl sites for hydroxylation is 1. The summed E-state index contributed by atoms with van der Waals surface area (Å²) in [6.07, 6.45) is 3.62. The van der Waals surface area contributed by atoms with Crippen LogP contribution in [0.3, 0.4) is 0 Å². The number of methoxy groups -OCH3 is 1. The Morgan fingerprint density at radius 3 is 3.04 bits per heavy atom. The number of H-pyrrole nitrogens is 1. The molecule has 1 aliphatic heterocycles. The summed E-state index contributed by atoms with van der Waals surface area (Å²) in [5.74, 6) is 1.15. The minimum Gasteiger partial charge on any atom is -0.481 e. The maximum atomic E-state index is 12.7. The first-order valence-electron chi connectivity index (χ1n) is 7.99. The summed E-state index contributed by atoms with van der Waals surface area (Å²) in [6.45, 7) is 2.56. The summed E-state index contributed by atoms with van der Waals surface area (Å²) in [6, 6.07) is 3.48. The number of hydrogen-bond acceptors (Lipinski definition) is 6. The molecule has 2 N–H and O–H groups in total. The molecule has 2 aromatic heterocycles. The molecule has 24 heavy (non-hydrogen) atoms. The third-order valence-electron chi connectivity index (χ3n) is 4.21. The van der Waals surface area contributed by atoms with E-state index in [4.69, 9.17) is 4.74 Å². The Morgan fingerprint density at radius 1 is 1.46 bits per heavy atom. The van der Waals surface area contributed by atoms with E-state index in [0.29, 0.717) is 23.8 Å². The van der Waals surface area contributed by atoms with Gasteiger partial charge in [0.15, 0.2) is 5.82 Å². The van der Waals surface area contributed by atoms with E-state index in [1.54, 1.807) is 19.2 Å². The molecule has 0 bridgehead atoms. The first kappa shape index (κ1) is 16.2. The number of amides is 2. The predicted molar refractivity (Wildman–Crippen MR) is 86.8 cm³/mol. The molecule has 0 saturated carbocycles. The van der Waals surface area contributed by atoms with E-state index in [0.717, 1.165) is 31.5 Å². The van der Waals surface area contributed by atoms with E-state index in [1.807, 2.05) is 11.8 Å². The topological polar surface area (TPSA) is 109 Å². The number of aromatic nitrogens is 5. The highest BCUT2D eigenvalue weighted by Gasteiger charge is 2.28. The van der Waals surface area contributed by atoms with Gasteiger partial charge >= 0.3 is 6.03 Å². The summed E-state index contributed by atoms with van der Waals surface area (Å²) in [5, 5.41) is 17.0. The number of carbonyl (C=O) groups is 1. The monoisotopic (exact) mass is 331 g/mol. The molecule has 1 aliphatic rings. The van der Waals surface area contributed by atoms with E-state index in [1.165, 1.54) is 0 Å². The van der Waals surface area contributed by atoms with Crippen molar-refractivity contribution in [2.24, 2.45) is 0 Å². The highest BCUT2D eigenvalue weighted by atomic mass is 16.5. The molecule has 1 saturated heterocycles.